The van der Waals surface area contributed by atoms with Crippen molar-refractivity contribution in [2.24, 2.45) is 11.6 Å². The molecule has 78 valence electrons. The van der Waals surface area contributed by atoms with Gasteiger partial charge in [0.15, 0.2) is 0 Å². The van der Waals surface area contributed by atoms with Crippen molar-refractivity contribution in [3.8, 4) is 0 Å². The standard InChI is InChI=1S/C8H14N4O2/c9-4-6(13)8(14)5-2-1-3-7(11-5)12-10/h1-3,6,8,13-14H,4,9-10H2,(H,11,12). The van der Waals surface area contributed by atoms with Gasteiger partial charge < -0.3 is 21.4 Å². The highest BCUT2D eigenvalue weighted by Crippen LogP contribution is 2.15. The maximum atomic E-state index is 9.55. The highest BCUT2D eigenvalue weighted by atomic mass is 16.3. The molecule has 2 atom stereocenters. The molecule has 1 aromatic rings. The van der Waals surface area contributed by atoms with E-state index in [1.54, 1.807) is 18.2 Å². The molecule has 1 rings (SSSR count). The lowest BCUT2D eigenvalue weighted by Crippen LogP contribution is -2.28. The summed E-state index contributed by atoms with van der Waals surface area (Å²) in [5.74, 6) is 5.57. The molecule has 0 radical (unpaired) electrons. The van der Waals surface area contributed by atoms with E-state index in [0.717, 1.165) is 0 Å². The number of nitrogens with zero attached hydrogens (tertiary/aromatic N) is 1. The van der Waals surface area contributed by atoms with Gasteiger partial charge in [0.1, 0.15) is 11.9 Å². The van der Waals surface area contributed by atoms with Crippen LogP contribution in [0.5, 0.6) is 0 Å². The van der Waals surface area contributed by atoms with Crippen molar-refractivity contribution in [1.82, 2.24) is 4.98 Å². The second-order valence-electron chi connectivity index (χ2n) is 2.84. The van der Waals surface area contributed by atoms with Gasteiger partial charge in [-0.1, -0.05) is 6.07 Å². The Bertz CT molecular complexity index is 294. The molecule has 6 heteroatoms. The third-order valence-electron chi connectivity index (χ3n) is 1.83. The molecule has 1 heterocycles. The number of nitrogens with one attached hydrogen (secondary N) is 1. The van der Waals surface area contributed by atoms with E-state index in [2.05, 4.69) is 10.4 Å². The van der Waals surface area contributed by atoms with Crippen LogP contribution in [0.3, 0.4) is 0 Å². The minimum absolute atomic E-state index is 0.0247. The summed E-state index contributed by atoms with van der Waals surface area (Å²) < 4.78 is 0. The number of nitrogen functional groups attached to an aromatic ring is 1. The van der Waals surface area contributed by atoms with E-state index < -0.39 is 12.2 Å². The predicted octanol–water partition coefficient (Wildman–Crippen LogP) is -1.28. The van der Waals surface area contributed by atoms with Crippen molar-refractivity contribution in [3.63, 3.8) is 0 Å². The van der Waals surface area contributed by atoms with E-state index in [1.165, 1.54) is 0 Å². The number of aliphatic hydroxyl groups is 2. The van der Waals surface area contributed by atoms with Crippen LogP contribution in [0.25, 0.3) is 0 Å². The summed E-state index contributed by atoms with van der Waals surface area (Å²) >= 11 is 0. The summed E-state index contributed by atoms with van der Waals surface area (Å²) in [5, 5.41) is 18.8. The van der Waals surface area contributed by atoms with Gasteiger partial charge in [-0.2, -0.15) is 0 Å². The Balaban J connectivity index is 2.83. The molecule has 14 heavy (non-hydrogen) atoms. The Morgan fingerprint density at radius 1 is 1.43 bits per heavy atom. The molecule has 0 aliphatic heterocycles. The molecule has 0 saturated heterocycles. The SMILES string of the molecule is NCC(O)C(O)c1cccc(NN)n1. The van der Waals surface area contributed by atoms with Crippen LogP contribution in [0.4, 0.5) is 5.82 Å². The largest absolute Gasteiger partial charge is 0.389 e. The Morgan fingerprint density at radius 3 is 2.71 bits per heavy atom. The zero-order valence-corrected chi connectivity index (χ0v) is 7.59. The maximum absolute atomic E-state index is 9.55. The topological polar surface area (TPSA) is 117 Å². The van der Waals surface area contributed by atoms with Gasteiger partial charge in [-0.25, -0.2) is 10.8 Å². The molecule has 0 fully saturated rings. The van der Waals surface area contributed by atoms with Crippen molar-refractivity contribution in [1.29, 1.82) is 0 Å². The van der Waals surface area contributed by atoms with Gasteiger partial charge in [0, 0.05) is 6.54 Å². The fourth-order valence-electron chi connectivity index (χ4n) is 1.02. The smallest absolute Gasteiger partial charge is 0.140 e. The molecule has 0 aliphatic carbocycles. The molecular formula is C8H14N4O2. The summed E-state index contributed by atoms with van der Waals surface area (Å²) in [6.45, 7) is -0.0247. The molecule has 2 unspecified atom stereocenters. The van der Waals surface area contributed by atoms with Crippen LogP contribution in [0.1, 0.15) is 11.8 Å². The quantitative estimate of drug-likeness (QED) is 0.304. The van der Waals surface area contributed by atoms with Gasteiger partial charge in [-0.05, 0) is 12.1 Å². The first kappa shape index (κ1) is 10.9. The summed E-state index contributed by atoms with van der Waals surface area (Å²) in [6.07, 6.45) is -2.11. The summed E-state index contributed by atoms with van der Waals surface area (Å²) in [7, 11) is 0. The number of nitrogens with two attached hydrogens (primary N) is 2. The van der Waals surface area contributed by atoms with Crippen LogP contribution in [-0.4, -0.2) is 27.8 Å². The first-order chi connectivity index (χ1) is 6.69. The second-order valence-corrected chi connectivity index (χ2v) is 2.84. The van der Waals surface area contributed by atoms with Crippen molar-refractivity contribution in [2.75, 3.05) is 12.0 Å². The van der Waals surface area contributed by atoms with Crippen molar-refractivity contribution in [2.45, 2.75) is 12.2 Å². The molecule has 0 amide bonds. The molecule has 0 aliphatic rings. The van der Waals surface area contributed by atoms with Gasteiger partial charge in [0.25, 0.3) is 0 Å². The van der Waals surface area contributed by atoms with E-state index in [4.69, 9.17) is 11.6 Å². The van der Waals surface area contributed by atoms with Gasteiger partial charge in [-0.3, -0.25) is 0 Å². The van der Waals surface area contributed by atoms with Gasteiger partial charge in [0.05, 0.1) is 11.8 Å². The van der Waals surface area contributed by atoms with Crippen LogP contribution in [-0.2, 0) is 0 Å². The first-order valence-electron chi connectivity index (χ1n) is 4.18. The minimum atomic E-state index is -1.09. The molecule has 0 bridgehead atoms. The highest BCUT2D eigenvalue weighted by Gasteiger charge is 2.17. The van der Waals surface area contributed by atoms with Gasteiger partial charge in [0.2, 0.25) is 0 Å². The van der Waals surface area contributed by atoms with Gasteiger partial charge >= 0.3 is 0 Å². The second kappa shape index (κ2) is 4.87. The molecule has 0 saturated carbocycles. The molecule has 6 nitrogen and oxygen atoms in total. The van der Waals surface area contributed by atoms with E-state index in [0.29, 0.717) is 11.5 Å². The van der Waals surface area contributed by atoms with E-state index in [-0.39, 0.29) is 6.54 Å². The lowest BCUT2D eigenvalue weighted by Gasteiger charge is -2.15. The average molecular weight is 198 g/mol. The molecule has 7 N–H and O–H groups in total. The third-order valence-corrected chi connectivity index (χ3v) is 1.83. The van der Waals surface area contributed by atoms with E-state index in [9.17, 15) is 10.2 Å². The number of pyridine rings is 1. The summed E-state index contributed by atoms with van der Waals surface area (Å²) in [5.41, 5.74) is 7.88. The molecule has 0 aromatic carbocycles. The lowest BCUT2D eigenvalue weighted by atomic mass is 10.1. The van der Waals surface area contributed by atoms with Crippen LogP contribution in [0.15, 0.2) is 18.2 Å². The fraction of sp³-hybridized carbons (Fsp3) is 0.375. The van der Waals surface area contributed by atoms with Gasteiger partial charge in [-0.15, -0.1) is 0 Å². The van der Waals surface area contributed by atoms with Crippen molar-refractivity contribution >= 4 is 5.82 Å². The average Bonchev–Trinajstić information content (AvgIpc) is 2.27. The maximum Gasteiger partial charge on any atom is 0.140 e. The zero-order valence-electron chi connectivity index (χ0n) is 7.59. The number of aliphatic hydroxyl groups excluding tert-OH is 2. The normalized spacial score (nSPS) is 14.9. The van der Waals surface area contributed by atoms with E-state index >= 15 is 0 Å². The number of hydrazine groups is 1. The lowest BCUT2D eigenvalue weighted by molar-refractivity contribution is 0.0218. The minimum Gasteiger partial charge on any atom is -0.389 e. The van der Waals surface area contributed by atoms with Crippen molar-refractivity contribution in [3.05, 3.63) is 23.9 Å². The van der Waals surface area contributed by atoms with Crippen LogP contribution in [0.2, 0.25) is 0 Å². The zero-order chi connectivity index (χ0) is 10.6. The van der Waals surface area contributed by atoms with E-state index in [1.807, 2.05) is 0 Å². The van der Waals surface area contributed by atoms with Crippen molar-refractivity contribution < 1.29 is 10.2 Å². The Labute approximate surface area is 81.5 Å². The van der Waals surface area contributed by atoms with Crippen LogP contribution < -0.4 is 17.0 Å². The summed E-state index contributed by atoms with van der Waals surface area (Å²) in [4.78, 5) is 3.96. The molecule has 0 spiro atoms. The number of anilines is 1. The Morgan fingerprint density at radius 2 is 2.14 bits per heavy atom. The fourth-order valence-corrected chi connectivity index (χ4v) is 1.02. The molecule has 1 aromatic heterocycles. The van der Waals surface area contributed by atoms with Crippen LogP contribution >= 0.6 is 0 Å². The highest BCUT2D eigenvalue weighted by molar-refractivity contribution is 5.34. The number of aromatic nitrogens is 1. The first-order valence-corrected chi connectivity index (χ1v) is 4.18. The number of hydrogen-bond acceptors (Lipinski definition) is 6. The summed E-state index contributed by atoms with van der Waals surface area (Å²) in [6, 6.07) is 4.90. The Kier molecular flexibility index (Phi) is 3.78. The Hall–Kier alpha value is -1.21. The monoisotopic (exact) mass is 198 g/mol. The number of hydrogen-bond donors (Lipinski definition) is 5. The number of rotatable bonds is 4. The third kappa shape index (κ3) is 2.39. The van der Waals surface area contributed by atoms with Crippen LogP contribution in [0, 0.1) is 0 Å². The predicted molar refractivity (Wildman–Crippen MR) is 52.1 cm³/mol. The molecular weight excluding hydrogens is 184 g/mol.